The molecule has 1 aromatic rings. The van der Waals surface area contributed by atoms with Crippen LogP contribution in [0, 0.1) is 5.95 Å². The van der Waals surface area contributed by atoms with E-state index < -0.39 is 5.95 Å². The SMILES string of the molecule is O=Cc1cc(O)cnc1F. The molecule has 0 aliphatic carbocycles. The number of hydrogen-bond donors (Lipinski definition) is 1. The number of carbonyl (C=O) groups excluding carboxylic acids is 1. The molecule has 0 unspecified atom stereocenters. The van der Waals surface area contributed by atoms with Crippen molar-refractivity contribution in [2.45, 2.75) is 0 Å². The predicted molar refractivity (Wildman–Crippen MR) is 31.2 cm³/mol. The standard InChI is InChI=1S/C6H4FNO2/c7-6-4(3-9)1-5(10)2-8-6/h1-3,10H. The first kappa shape index (κ1) is 6.67. The second-order valence-electron chi connectivity index (χ2n) is 1.69. The van der Waals surface area contributed by atoms with Gasteiger partial charge in [0.1, 0.15) is 5.75 Å². The van der Waals surface area contributed by atoms with Crippen LogP contribution in [0.25, 0.3) is 0 Å². The highest BCUT2D eigenvalue weighted by Crippen LogP contribution is 2.09. The summed E-state index contributed by atoms with van der Waals surface area (Å²) in [6.45, 7) is 0. The van der Waals surface area contributed by atoms with Crippen molar-refractivity contribution in [3.63, 3.8) is 0 Å². The molecule has 0 spiro atoms. The van der Waals surface area contributed by atoms with Crippen molar-refractivity contribution in [3.8, 4) is 5.75 Å². The largest absolute Gasteiger partial charge is 0.506 e. The summed E-state index contributed by atoms with van der Waals surface area (Å²) < 4.78 is 12.3. The maximum absolute atomic E-state index is 12.3. The second kappa shape index (κ2) is 2.43. The Labute approximate surface area is 56.1 Å². The van der Waals surface area contributed by atoms with Crippen molar-refractivity contribution >= 4 is 6.29 Å². The Kier molecular flexibility index (Phi) is 1.62. The number of rotatable bonds is 1. The lowest BCUT2D eigenvalue weighted by atomic mass is 10.3. The number of carbonyl (C=O) groups is 1. The van der Waals surface area contributed by atoms with E-state index in [4.69, 9.17) is 5.11 Å². The Hall–Kier alpha value is -1.45. The number of aldehydes is 1. The first-order chi connectivity index (χ1) is 4.74. The summed E-state index contributed by atoms with van der Waals surface area (Å²) in [7, 11) is 0. The number of nitrogens with zero attached hydrogens (tertiary/aromatic N) is 1. The lowest BCUT2D eigenvalue weighted by Crippen LogP contribution is -1.89. The second-order valence-corrected chi connectivity index (χ2v) is 1.69. The highest BCUT2D eigenvalue weighted by atomic mass is 19.1. The molecular formula is C6H4FNO2. The van der Waals surface area contributed by atoms with Crippen molar-refractivity contribution in [2.75, 3.05) is 0 Å². The van der Waals surface area contributed by atoms with Crippen LogP contribution in [0.2, 0.25) is 0 Å². The quantitative estimate of drug-likeness (QED) is 0.463. The summed E-state index contributed by atoms with van der Waals surface area (Å²) in [5.41, 5.74) is -0.236. The summed E-state index contributed by atoms with van der Waals surface area (Å²) >= 11 is 0. The normalized spacial score (nSPS) is 9.30. The minimum Gasteiger partial charge on any atom is -0.506 e. The third-order valence-electron chi connectivity index (χ3n) is 0.979. The zero-order valence-corrected chi connectivity index (χ0v) is 4.91. The van der Waals surface area contributed by atoms with Crippen molar-refractivity contribution in [1.82, 2.24) is 4.98 Å². The highest BCUT2D eigenvalue weighted by Gasteiger charge is 2.01. The van der Waals surface area contributed by atoms with Crippen LogP contribution in [-0.2, 0) is 0 Å². The van der Waals surface area contributed by atoms with E-state index in [-0.39, 0.29) is 11.3 Å². The average molecular weight is 141 g/mol. The third-order valence-corrected chi connectivity index (χ3v) is 0.979. The molecule has 4 heteroatoms. The van der Waals surface area contributed by atoms with E-state index in [2.05, 4.69) is 4.98 Å². The van der Waals surface area contributed by atoms with Gasteiger partial charge in [0.05, 0.1) is 11.8 Å². The Morgan fingerprint density at radius 2 is 2.40 bits per heavy atom. The van der Waals surface area contributed by atoms with Crippen LogP contribution in [-0.4, -0.2) is 16.4 Å². The average Bonchev–Trinajstić information content (AvgIpc) is 1.94. The molecule has 1 N–H and O–H groups in total. The van der Waals surface area contributed by atoms with Gasteiger partial charge in [0.15, 0.2) is 6.29 Å². The van der Waals surface area contributed by atoms with Crippen LogP contribution >= 0.6 is 0 Å². The van der Waals surface area contributed by atoms with Crippen LogP contribution in [0.1, 0.15) is 10.4 Å². The van der Waals surface area contributed by atoms with Gasteiger partial charge in [0.25, 0.3) is 0 Å². The molecule has 0 fully saturated rings. The fourth-order valence-electron chi connectivity index (χ4n) is 0.536. The van der Waals surface area contributed by atoms with E-state index in [1.54, 1.807) is 0 Å². The molecule has 0 radical (unpaired) electrons. The zero-order valence-electron chi connectivity index (χ0n) is 4.91. The van der Waals surface area contributed by atoms with Crippen LogP contribution in [0.15, 0.2) is 12.3 Å². The van der Waals surface area contributed by atoms with Crippen molar-refractivity contribution < 1.29 is 14.3 Å². The summed E-state index contributed by atoms with van der Waals surface area (Å²) in [5.74, 6) is -1.09. The van der Waals surface area contributed by atoms with E-state index in [0.717, 1.165) is 12.3 Å². The number of hydrogen-bond acceptors (Lipinski definition) is 3. The lowest BCUT2D eigenvalue weighted by Gasteiger charge is -1.92. The number of pyridine rings is 1. The predicted octanol–water partition coefficient (Wildman–Crippen LogP) is 0.739. The molecule has 0 saturated heterocycles. The number of aromatic nitrogens is 1. The van der Waals surface area contributed by atoms with Crippen LogP contribution in [0.3, 0.4) is 0 Å². The summed E-state index contributed by atoms with van der Waals surface area (Å²) in [6, 6.07) is 1.01. The molecule has 52 valence electrons. The molecular weight excluding hydrogens is 137 g/mol. The maximum Gasteiger partial charge on any atom is 0.223 e. The molecule has 0 saturated carbocycles. The molecule has 1 aromatic heterocycles. The van der Waals surface area contributed by atoms with Crippen LogP contribution < -0.4 is 0 Å². The van der Waals surface area contributed by atoms with Gasteiger partial charge in [-0.3, -0.25) is 4.79 Å². The first-order valence-electron chi connectivity index (χ1n) is 2.53. The molecule has 0 atom stereocenters. The molecule has 0 amide bonds. The molecule has 0 bridgehead atoms. The van der Waals surface area contributed by atoms with Crippen molar-refractivity contribution in [1.29, 1.82) is 0 Å². The minimum absolute atomic E-state index is 0.219. The maximum atomic E-state index is 12.3. The Bertz CT molecular complexity index is 262. The highest BCUT2D eigenvalue weighted by molar-refractivity contribution is 5.75. The minimum atomic E-state index is -0.868. The number of aromatic hydroxyl groups is 1. The molecule has 1 rings (SSSR count). The fraction of sp³-hybridized carbons (Fsp3) is 0. The molecule has 3 nitrogen and oxygen atoms in total. The van der Waals surface area contributed by atoms with Gasteiger partial charge in [0, 0.05) is 0 Å². The summed E-state index contributed by atoms with van der Waals surface area (Å²) in [4.78, 5) is 13.1. The summed E-state index contributed by atoms with van der Waals surface area (Å²) in [5, 5.41) is 8.68. The van der Waals surface area contributed by atoms with Gasteiger partial charge < -0.3 is 5.11 Å². The molecule has 1 heterocycles. The van der Waals surface area contributed by atoms with Crippen molar-refractivity contribution in [2.24, 2.45) is 0 Å². The molecule has 10 heavy (non-hydrogen) atoms. The molecule has 0 aromatic carbocycles. The summed E-state index contributed by atoms with van der Waals surface area (Å²) in [6.07, 6.45) is 1.23. The van der Waals surface area contributed by atoms with E-state index in [1.165, 1.54) is 0 Å². The van der Waals surface area contributed by atoms with Crippen LogP contribution in [0.4, 0.5) is 4.39 Å². The van der Waals surface area contributed by atoms with Gasteiger partial charge in [-0.1, -0.05) is 0 Å². The smallest absolute Gasteiger partial charge is 0.223 e. The zero-order chi connectivity index (χ0) is 7.56. The third kappa shape index (κ3) is 1.10. The van der Waals surface area contributed by atoms with Gasteiger partial charge >= 0.3 is 0 Å². The number of halogens is 1. The van der Waals surface area contributed by atoms with E-state index in [1.807, 2.05) is 0 Å². The Morgan fingerprint density at radius 3 is 2.90 bits per heavy atom. The van der Waals surface area contributed by atoms with Gasteiger partial charge in [-0.15, -0.1) is 0 Å². The van der Waals surface area contributed by atoms with Gasteiger partial charge in [-0.05, 0) is 6.07 Å². The molecule has 0 aliphatic rings. The topological polar surface area (TPSA) is 50.2 Å². The molecule has 0 aliphatic heterocycles. The van der Waals surface area contributed by atoms with Gasteiger partial charge in [0.2, 0.25) is 5.95 Å². The first-order valence-corrected chi connectivity index (χ1v) is 2.53. The van der Waals surface area contributed by atoms with E-state index in [0.29, 0.717) is 6.29 Å². The fourth-order valence-corrected chi connectivity index (χ4v) is 0.536. The lowest BCUT2D eigenvalue weighted by molar-refractivity contribution is 0.111. The van der Waals surface area contributed by atoms with Crippen molar-refractivity contribution in [3.05, 3.63) is 23.8 Å². The van der Waals surface area contributed by atoms with Gasteiger partial charge in [-0.25, -0.2) is 4.98 Å². The Morgan fingerprint density at radius 1 is 1.70 bits per heavy atom. The Balaban J connectivity index is 3.21. The van der Waals surface area contributed by atoms with E-state index >= 15 is 0 Å². The van der Waals surface area contributed by atoms with Crippen LogP contribution in [0.5, 0.6) is 5.75 Å². The monoisotopic (exact) mass is 141 g/mol. The van der Waals surface area contributed by atoms with Gasteiger partial charge in [-0.2, -0.15) is 4.39 Å². The van der Waals surface area contributed by atoms with E-state index in [9.17, 15) is 9.18 Å².